The lowest BCUT2D eigenvalue weighted by Gasteiger charge is -2.25. The number of hydrogen-bond acceptors (Lipinski definition) is 3. The summed E-state index contributed by atoms with van der Waals surface area (Å²) in [4.78, 5) is 17.0. The Morgan fingerprint density at radius 2 is 2.14 bits per heavy atom. The summed E-state index contributed by atoms with van der Waals surface area (Å²) in [6.07, 6.45) is 4.71. The number of aliphatic imine (C=N–C) groups is 1. The molecular weight excluding hydrogens is 278 g/mol. The van der Waals surface area contributed by atoms with Gasteiger partial charge in [-0.15, -0.1) is 0 Å². The highest BCUT2D eigenvalue weighted by atomic mass is 19.1. The fraction of sp³-hybridized carbons (Fsp3) is 0.214. The van der Waals surface area contributed by atoms with Gasteiger partial charge < -0.3 is 4.90 Å². The highest BCUT2D eigenvalue weighted by molar-refractivity contribution is 5.79. The number of carbonyl (C=O) groups is 1. The van der Waals surface area contributed by atoms with Crippen molar-refractivity contribution in [1.29, 1.82) is 0 Å². The number of nitrogens with zero attached hydrogens (tertiary/aromatic N) is 4. The second-order valence-electron chi connectivity index (χ2n) is 4.47. The second-order valence-corrected chi connectivity index (χ2v) is 4.47. The van der Waals surface area contributed by atoms with Crippen LogP contribution in [0.5, 0.6) is 0 Å². The van der Waals surface area contributed by atoms with Gasteiger partial charge in [-0.05, 0) is 24.4 Å². The third kappa shape index (κ3) is 3.31. The molecule has 1 aliphatic rings. The van der Waals surface area contributed by atoms with E-state index >= 15 is 0 Å². The smallest absolute Gasteiger partial charge is 0.301 e. The average Bonchev–Trinajstić information content (AvgIpc) is 2.92. The fourth-order valence-electron chi connectivity index (χ4n) is 2.02. The molecule has 2 amide bonds. The van der Waals surface area contributed by atoms with Gasteiger partial charge in [-0.2, -0.15) is 5.10 Å². The molecule has 5 nitrogen and oxygen atoms in total. The molecule has 0 saturated carbocycles. The number of urea groups is 1. The van der Waals surface area contributed by atoms with E-state index < -0.39 is 23.7 Å². The van der Waals surface area contributed by atoms with Gasteiger partial charge in [-0.25, -0.2) is 18.6 Å². The lowest BCUT2D eigenvalue weighted by Crippen LogP contribution is -2.35. The summed E-state index contributed by atoms with van der Waals surface area (Å²) in [5.41, 5.74) is 0.359. The number of halogens is 2. The van der Waals surface area contributed by atoms with Crippen molar-refractivity contribution in [2.75, 3.05) is 7.05 Å². The van der Waals surface area contributed by atoms with Crippen molar-refractivity contribution in [1.82, 2.24) is 9.91 Å². The maximum atomic E-state index is 13.3. The van der Waals surface area contributed by atoms with Crippen molar-refractivity contribution in [2.45, 2.75) is 12.5 Å². The van der Waals surface area contributed by atoms with Gasteiger partial charge in [0.2, 0.25) is 0 Å². The maximum absolute atomic E-state index is 13.3. The minimum Gasteiger partial charge on any atom is -0.301 e. The summed E-state index contributed by atoms with van der Waals surface area (Å²) in [5.74, 6) is -1.37. The number of rotatable bonds is 3. The molecule has 0 N–H and O–H groups in total. The predicted octanol–water partition coefficient (Wildman–Crippen LogP) is 2.92. The van der Waals surface area contributed by atoms with E-state index in [9.17, 15) is 13.6 Å². The zero-order valence-corrected chi connectivity index (χ0v) is 11.4. The van der Waals surface area contributed by atoms with Crippen molar-refractivity contribution < 1.29 is 13.6 Å². The fourth-order valence-corrected chi connectivity index (χ4v) is 2.02. The van der Waals surface area contributed by atoms with Crippen LogP contribution in [0, 0.1) is 11.6 Å². The van der Waals surface area contributed by atoms with E-state index in [2.05, 4.69) is 16.8 Å². The van der Waals surface area contributed by atoms with Gasteiger partial charge in [-0.1, -0.05) is 0 Å². The normalized spacial score (nSPS) is 17.5. The first kappa shape index (κ1) is 14.8. The van der Waals surface area contributed by atoms with E-state index in [0.717, 1.165) is 6.07 Å². The highest BCUT2D eigenvalue weighted by Gasteiger charge is 2.30. The van der Waals surface area contributed by atoms with Crippen molar-refractivity contribution in [2.24, 2.45) is 10.1 Å². The Bertz CT molecular complexity index is 595. The first-order valence-electron chi connectivity index (χ1n) is 6.20. The van der Waals surface area contributed by atoms with Crippen LogP contribution in [0.4, 0.5) is 13.6 Å². The topological polar surface area (TPSA) is 48.3 Å². The van der Waals surface area contributed by atoms with Crippen LogP contribution in [0.25, 0.3) is 0 Å². The molecular formula is C14H14F2N4O. The molecule has 0 saturated heterocycles. The number of hydrazone groups is 1. The van der Waals surface area contributed by atoms with Crippen molar-refractivity contribution >= 4 is 19.0 Å². The van der Waals surface area contributed by atoms with Gasteiger partial charge in [0.05, 0.1) is 6.04 Å². The largest absolute Gasteiger partial charge is 0.344 e. The van der Waals surface area contributed by atoms with E-state index in [0.29, 0.717) is 12.0 Å². The van der Waals surface area contributed by atoms with Crippen LogP contribution in [-0.2, 0) is 0 Å². The van der Waals surface area contributed by atoms with E-state index in [1.54, 1.807) is 0 Å². The summed E-state index contributed by atoms with van der Waals surface area (Å²) in [7, 11) is 1.53. The number of hydrogen-bond donors (Lipinski definition) is 0. The van der Waals surface area contributed by atoms with Crippen LogP contribution in [0.15, 0.2) is 40.7 Å². The van der Waals surface area contributed by atoms with E-state index in [-0.39, 0.29) is 0 Å². The van der Waals surface area contributed by atoms with Crippen molar-refractivity contribution in [3.63, 3.8) is 0 Å². The second kappa shape index (κ2) is 6.25. The van der Waals surface area contributed by atoms with Crippen LogP contribution in [0.3, 0.4) is 0 Å². The molecule has 0 fully saturated rings. The molecule has 2 rings (SSSR count). The van der Waals surface area contributed by atoms with Crippen LogP contribution in [-0.4, -0.2) is 35.9 Å². The first-order chi connectivity index (χ1) is 10.0. The monoisotopic (exact) mass is 292 g/mol. The number of amides is 2. The molecule has 0 unspecified atom stereocenters. The van der Waals surface area contributed by atoms with Crippen LogP contribution < -0.4 is 0 Å². The van der Waals surface area contributed by atoms with Gasteiger partial charge in [0, 0.05) is 38.1 Å². The Hall–Kier alpha value is -2.57. The van der Waals surface area contributed by atoms with Gasteiger partial charge in [-0.3, -0.25) is 4.99 Å². The third-order valence-electron chi connectivity index (χ3n) is 2.99. The Morgan fingerprint density at radius 3 is 2.76 bits per heavy atom. The SMILES string of the molecule is C=N/C=C\N(C)C(=O)N1N=CC[C@H]1c1cc(F)cc(F)c1. The average molecular weight is 292 g/mol. The van der Waals surface area contributed by atoms with E-state index in [1.807, 2.05) is 0 Å². The summed E-state index contributed by atoms with van der Waals surface area (Å²) in [6.45, 7) is 3.27. The van der Waals surface area contributed by atoms with E-state index in [1.165, 1.54) is 47.7 Å². The van der Waals surface area contributed by atoms with Crippen molar-refractivity contribution in [3.8, 4) is 0 Å². The quantitative estimate of drug-likeness (QED) is 0.790. The minimum atomic E-state index is -0.687. The molecule has 0 bridgehead atoms. The first-order valence-corrected chi connectivity index (χ1v) is 6.20. The van der Waals surface area contributed by atoms with Crippen molar-refractivity contribution in [3.05, 3.63) is 47.8 Å². The predicted molar refractivity (Wildman–Crippen MR) is 75.9 cm³/mol. The third-order valence-corrected chi connectivity index (χ3v) is 2.99. The van der Waals surface area contributed by atoms with E-state index in [4.69, 9.17) is 0 Å². The summed E-state index contributed by atoms with van der Waals surface area (Å²) in [6, 6.07) is 2.22. The Morgan fingerprint density at radius 1 is 1.48 bits per heavy atom. The lowest BCUT2D eigenvalue weighted by atomic mass is 10.0. The Kier molecular flexibility index (Phi) is 4.42. The molecule has 1 atom stereocenters. The number of carbonyl (C=O) groups excluding carboxylic acids is 1. The maximum Gasteiger partial charge on any atom is 0.344 e. The molecule has 0 radical (unpaired) electrons. The number of benzene rings is 1. The summed E-state index contributed by atoms with van der Waals surface area (Å²) in [5, 5.41) is 5.16. The molecule has 0 aliphatic carbocycles. The molecule has 0 aromatic heterocycles. The molecule has 110 valence electrons. The molecule has 0 spiro atoms. The summed E-state index contributed by atoms with van der Waals surface area (Å²) >= 11 is 0. The standard InChI is InChI=1S/C14H14F2N4O/c1-17-5-6-19(2)14(21)20-13(3-4-18-20)10-7-11(15)9-12(16)8-10/h4-9,13H,1,3H2,2H3/b6-5-/t13-/m0/s1. The molecule has 1 aromatic rings. The molecule has 1 aliphatic heterocycles. The summed E-state index contributed by atoms with van der Waals surface area (Å²) < 4.78 is 26.6. The molecule has 1 heterocycles. The van der Waals surface area contributed by atoms with Crippen LogP contribution in [0.1, 0.15) is 18.0 Å². The molecule has 7 heteroatoms. The minimum absolute atomic E-state index is 0.359. The highest BCUT2D eigenvalue weighted by Crippen LogP contribution is 2.30. The Balaban J connectivity index is 2.23. The molecule has 1 aromatic carbocycles. The zero-order chi connectivity index (χ0) is 15.4. The van der Waals surface area contributed by atoms with Gasteiger partial charge in [0.25, 0.3) is 0 Å². The lowest BCUT2D eigenvalue weighted by molar-refractivity contribution is 0.164. The molecule has 21 heavy (non-hydrogen) atoms. The van der Waals surface area contributed by atoms with Gasteiger partial charge in [0.1, 0.15) is 11.6 Å². The van der Waals surface area contributed by atoms with Gasteiger partial charge in [0.15, 0.2) is 0 Å². The zero-order valence-electron chi connectivity index (χ0n) is 11.4. The van der Waals surface area contributed by atoms with Gasteiger partial charge >= 0.3 is 6.03 Å². The van der Waals surface area contributed by atoms with Crippen LogP contribution >= 0.6 is 0 Å². The van der Waals surface area contributed by atoms with Crippen LogP contribution in [0.2, 0.25) is 0 Å². The Labute approximate surface area is 120 Å².